The van der Waals surface area contributed by atoms with Gasteiger partial charge in [0.15, 0.2) is 11.8 Å². The molecule has 0 fully saturated rings. The number of hydrogen-bond acceptors (Lipinski definition) is 4. The minimum atomic E-state index is 0.297. The second-order valence-corrected chi connectivity index (χ2v) is 6.03. The second-order valence-electron chi connectivity index (χ2n) is 5.62. The SMILES string of the molecule is COc1ccc(NC(N)=NCc2cccc(-c3n[nH]c(C)n3)c2)cc1Cl. The predicted octanol–water partition coefficient (Wildman–Crippen LogP) is 3.37. The highest BCUT2D eigenvalue weighted by Crippen LogP contribution is 2.27. The maximum absolute atomic E-state index is 6.10. The summed E-state index contributed by atoms with van der Waals surface area (Å²) in [6.45, 7) is 2.29. The minimum Gasteiger partial charge on any atom is -0.495 e. The molecule has 0 unspecified atom stereocenters. The number of guanidine groups is 1. The van der Waals surface area contributed by atoms with Gasteiger partial charge >= 0.3 is 0 Å². The Morgan fingerprint density at radius 2 is 2.15 bits per heavy atom. The molecule has 1 heterocycles. The van der Waals surface area contributed by atoms with Gasteiger partial charge in [-0.2, -0.15) is 5.10 Å². The number of halogens is 1. The van der Waals surface area contributed by atoms with Crippen molar-refractivity contribution in [2.45, 2.75) is 13.5 Å². The van der Waals surface area contributed by atoms with Gasteiger partial charge in [-0.1, -0.05) is 29.8 Å². The molecule has 0 aliphatic carbocycles. The fourth-order valence-electron chi connectivity index (χ4n) is 2.39. The Morgan fingerprint density at radius 1 is 1.31 bits per heavy atom. The molecule has 0 radical (unpaired) electrons. The van der Waals surface area contributed by atoms with Gasteiger partial charge in [-0.25, -0.2) is 9.98 Å². The second kappa shape index (κ2) is 7.88. The largest absolute Gasteiger partial charge is 0.495 e. The molecular weight excluding hydrogens is 352 g/mol. The first kappa shape index (κ1) is 17.8. The van der Waals surface area contributed by atoms with E-state index in [1.54, 1.807) is 19.2 Å². The highest BCUT2D eigenvalue weighted by Gasteiger charge is 2.05. The molecule has 0 aliphatic rings. The lowest BCUT2D eigenvalue weighted by molar-refractivity contribution is 0.415. The molecule has 0 saturated carbocycles. The number of ether oxygens (including phenoxy) is 1. The lowest BCUT2D eigenvalue weighted by Gasteiger charge is -2.08. The van der Waals surface area contributed by atoms with Gasteiger partial charge in [-0.3, -0.25) is 5.10 Å². The van der Waals surface area contributed by atoms with Gasteiger partial charge in [0, 0.05) is 11.3 Å². The number of nitrogens with two attached hydrogens (primary N) is 1. The van der Waals surface area contributed by atoms with Crippen LogP contribution in [0.15, 0.2) is 47.5 Å². The van der Waals surface area contributed by atoms with Gasteiger partial charge in [0.05, 0.1) is 18.7 Å². The highest BCUT2D eigenvalue weighted by molar-refractivity contribution is 6.32. The average Bonchev–Trinajstić information content (AvgIpc) is 3.07. The number of aliphatic imine (C=N–C) groups is 1. The molecule has 8 heteroatoms. The molecule has 0 atom stereocenters. The van der Waals surface area contributed by atoms with Crippen molar-refractivity contribution in [2.75, 3.05) is 12.4 Å². The van der Waals surface area contributed by atoms with E-state index in [2.05, 4.69) is 25.5 Å². The van der Waals surface area contributed by atoms with Crippen molar-refractivity contribution >= 4 is 23.2 Å². The van der Waals surface area contributed by atoms with Crippen molar-refractivity contribution in [1.82, 2.24) is 15.2 Å². The van der Waals surface area contributed by atoms with Gasteiger partial charge in [0.2, 0.25) is 0 Å². The third-order valence-corrected chi connectivity index (χ3v) is 3.93. The van der Waals surface area contributed by atoms with Crippen LogP contribution < -0.4 is 15.8 Å². The zero-order valence-corrected chi connectivity index (χ0v) is 15.2. The molecule has 0 saturated heterocycles. The normalized spacial score (nSPS) is 11.4. The van der Waals surface area contributed by atoms with E-state index in [0.717, 1.165) is 22.6 Å². The highest BCUT2D eigenvalue weighted by atomic mass is 35.5. The molecule has 0 amide bonds. The number of nitrogens with zero attached hydrogens (tertiary/aromatic N) is 3. The summed E-state index contributed by atoms with van der Waals surface area (Å²) >= 11 is 6.10. The molecule has 3 aromatic rings. The third kappa shape index (κ3) is 4.31. The lowest BCUT2D eigenvalue weighted by Crippen LogP contribution is -2.22. The zero-order chi connectivity index (χ0) is 18.5. The number of benzene rings is 2. The maximum atomic E-state index is 6.10. The van der Waals surface area contributed by atoms with Crippen LogP contribution in [-0.4, -0.2) is 28.3 Å². The van der Waals surface area contributed by atoms with E-state index in [1.807, 2.05) is 37.3 Å². The Hall–Kier alpha value is -3.06. The van der Waals surface area contributed by atoms with Crippen LogP contribution in [0.25, 0.3) is 11.4 Å². The van der Waals surface area contributed by atoms with Crippen LogP contribution in [0.3, 0.4) is 0 Å². The average molecular weight is 371 g/mol. The van der Waals surface area contributed by atoms with E-state index >= 15 is 0 Å². The molecule has 0 aliphatic heterocycles. The Morgan fingerprint density at radius 3 is 2.85 bits per heavy atom. The topological polar surface area (TPSA) is 101 Å². The van der Waals surface area contributed by atoms with E-state index in [1.165, 1.54) is 0 Å². The molecule has 1 aromatic heterocycles. The van der Waals surface area contributed by atoms with Crippen LogP contribution in [0.5, 0.6) is 5.75 Å². The van der Waals surface area contributed by atoms with Gasteiger partial charge < -0.3 is 15.8 Å². The number of aromatic nitrogens is 3. The number of rotatable bonds is 5. The summed E-state index contributed by atoms with van der Waals surface area (Å²) in [4.78, 5) is 8.70. The zero-order valence-electron chi connectivity index (χ0n) is 14.5. The van der Waals surface area contributed by atoms with E-state index in [-0.39, 0.29) is 0 Å². The van der Waals surface area contributed by atoms with Gasteiger partial charge in [-0.15, -0.1) is 0 Å². The van der Waals surface area contributed by atoms with Crippen LogP contribution in [0.4, 0.5) is 5.69 Å². The van der Waals surface area contributed by atoms with Crippen molar-refractivity contribution in [2.24, 2.45) is 10.7 Å². The Bertz CT molecular complexity index is 937. The van der Waals surface area contributed by atoms with Crippen molar-refractivity contribution in [3.63, 3.8) is 0 Å². The molecule has 0 bridgehead atoms. The van der Waals surface area contributed by atoms with Crippen LogP contribution in [-0.2, 0) is 6.54 Å². The van der Waals surface area contributed by atoms with Crippen LogP contribution in [0.1, 0.15) is 11.4 Å². The summed E-state index contributed by atoms with van der Waals surface area (Å²) in [5.74, 6) is 2.33. The summed E-state index contributed by atoms with van der Waals surface area (Å²) in [5.41, 5.74) is 8.63. The summed E-state index contributed by atoms with van der Waals surface area (Å²) in [7, 11) is 1.57. The van der Waals surface area contributed by atoms with Crippen molar-refractivity contribution < 1.29 is 4.74 Å². The molecular formula is C18H19ClN6O. The minimum absolute atomic E-state index is 0.297. The fraction of sp³-hybridized carbons (Fsp3) is 0.167. The summed E-state index contributed by atoms with van der Waals surface area (Å²) in [5, 5.41) is 10.5. The maximum Gasteiger partial charge on any atom is 0.193 e. The van der Waals surface area contributed by atoms with Crippen LogP contribution in [0, 0.1) is 6.92 Å². The molecule has 7 nitrogen and oxygen atoms in total. The van der Waals surface area contributed by atoms with E-state index in [4.69, 9.17) is 22.1 Å². The van der Waals surface area contributed by atoms with Gasteiger partial charge in [0.1, 0.15) is 11.6 Å². The van der Waals surface area contributed by atoms with E-state index in [9.17, 15) is 0 Å². The van der Waals surface area contributed by atoms with Gasteiger partial charge in [0.25, 0.3) is 0 Å². The summed E-state index contributed by atoms with van der Waals surface area (Å²) < 4.78 is 5.13. The molecule has 26 heavy (non-hydrogen) atoms. The van der Waals surface area contributed by atoms with Crippen molar-refractivity contribution in [1.29, 1.82) is 0 Å². The molecule has 134 valence electrons. The Balaban J connectivity index is 1.68. The summed E-state index contributed by atoms with van der Waals surface area (Å²) in [6.07, 6.45) is 0. The molecule has 3 rings (SSSR count). The monoisotopic (exact) mass is 370 g/mol. The number of hydrogen-bond donors (Lipinski definition) is 3. The number of H-pyrrole nitrogens is 1. The van der Waals surface area contributed by atoms with Crippen LogP contribution in [0.2, 0.25) is 5.02 Å². The summed E-state index contributed by atoms with van der Waals surface area (Å²) in [6, 6.07) is 13.2. The lowest BCUT2D eigenvalue weighted by atomic mass is 10.1. The molecule has 2 aromatic carbocycles. The van der Waals surface area contributed by atoms with Crippen LogP contribution >= 0.6 is 11.6 Å². The third-order valence-electron chi connectivity index (χ3n) is 3.64. The number of methoxy groups -OCH3 is 1. The first-order chi connectivity index (χ1) is 12.5. The first-order valence-electron chi connectivity index (χ1n) is 7.94. The Labute approximate surface area is 156 Å². The predicted molar refractivity (Wildman–Crippen MR) is 104 cm³/mol. The molecule has 0 spiro atoms. The number of anilines is 1. The van der Waals surface area contributed by atoms with Crippen molar-refractivity contribution in [3.8, 4) is 17.1 Å². The first-order valence-corrected chi connectivity index (χ1v) is 8.32. The van der Waals surface area contributed by atoms with E-state index in [0.29, 0.717) is 29.1 Å². The number of aromatic amines is 1. The van der Waals surface area contributed by atoms with Crippen molar-refractivity contribution in [3.05, 3.63) is 58.9 Å². The standard InChI is InChI=1S/C18H19ClN6O/c1-11-22-17(25-24-11)13-5-3-4-12(8-13)10-21-18(20)23-14-6-7-16(26-2)15(19)9-14/h3-9H,10H2,1-2H3,(H3,20,21,23)(H,22,24,25). The van der Waals surface area contributed by atoms with E-state index < -0.39 is 0 Å². The molecule has 4 N–H and O–H groups in total. The smallest absolute Gasteiger partial charge is 0.193 e. The van der Waals surface area contributed by atoms with Gasteiger partial charge in [-0.05, 0) is 36.8 Å². The number of nitrogens with one attached hydrogen (secondary N) is 2. The fourth-order valence-corrected chi connectivity index (χ4v) is 2.65. The Kier molecular flexibility index (Phi) is 5.38. The quantitative estimate of drug-likeness (QED) is 0.472. The number of aryl methyl sites for hydroxylation is 1.